The van der Waals surface area contributed by atoms with Crippen LogP contribution in [0.15, 0.2) is 53.4 Å². The molecule has 2 heterocycles. The van der Waals surface area contributed by atoms with Gasteiger partial charge in [0, 0.05) is 30.1 Å². The molecule has 2 aliphatic carbocycles. The Morgan fingerprint density at radius 2 is 1.96 bits per heavy atom. The molecule has 10 nitrogen and oxygen atoms in total. The van der Waals surface area contributed by atoms with Gasteiger partial charge in [-0.3, -0.25) is 9.69 Å². The van der Waals surface area contributed by atoms with Gasteiger partial charge < -0.3 is 19.5 Å². The molecule has 0 aromatic heterocycles. The monoisotopic (exact) mass is 685 g/mol. The molecule has 1 saturated carbocycles. The van der Waals surface area contributed by atoms with Gasteiger partial charge in [0.25, 0.3) is 15.9 Å². The Hall–Kier alpha value is -3.28. The number of carbonyl (C=O) groups excluding carboxylic acids is 2. The molecule has 1 fully saturated rings. The first-order valence-electron chi connectivity index (χ1n) is 16.4. The van der Waals surface area contributed by atoms with Crippen molar-refractivity contribution in [2.45, 2.75) is 87.9 Å². The SMILES string of the molecule is C[C@@H]1C(=O)NS(=O)(=O)c2ccc3c(c2)N(C[C@@H]2CC[C@H]2[C@@H](O)C=CCN1C(=O)OC(C)(C)C)C[C@@]1(CCCc2cc(Cl)ccc21)CO3. The fourth-order valence-electron chi connectivity index (χ4n) is 7.40. The molecule has 2 N–H and O–H groups in total. The molecule has 2 aliphatic heterocycles. The number of aryl methyl sites for hydroxylation is 1. The lowest BCUT2D eigenvalue weighted by Gasteiger charge is -2.45. The number of sulfonamides is 1. The first kappa shape index (κ1) is 33.6. The molecule has 2 amide bonds. The van der Waals surface area contributed by atoms with Crippen LogP contribution in [0.4, 0.5) is 10.5 Å². The molecule has 5 atom stereocenters. The zero-order chi connectivity index (χ0) is 33.7. The van der Waals surface area contributed by atoms with Crippen LogP contribution in [-0.4, -0.2) is 74.4 Å². The predicted octanol–water partition coefficient (Wildman–Crippen LogP) is 5.20. The molecule has 1 spiro atoms. The zero-order valence-corrected chi connectivity index (χ0v) is 28.9. The fraction of sp³-hybridized carbons (Fsp3) is 0.543. The van der Waals surface area contributed by atoms with E-state index in [-0.39, 0.29) is 28.7 Å². The minimum atomic E-state index is -4.33. The summed E-state index contributed by atoms with van der Waals surface area (Å²) in [4.78, 5) is 29.8. The van der Waals surface area contributed by atoms with Crippen LogP contribution in [0.3, 0.4) is 0 Å². The number of benzene rings is 2. The number of ether oxygens (including phenoxy) is 2. The van der Waals surface area contributed by atoms with Crippen LogP contribution in [0.5, 0.6) is 5.75 Å². The maximum absolute atomic E-state index is 13.7. The van der Waals surface area contributed by atoms with E-state index >= 15 is 0 Å². The van der Waals surface area contributed by atoms with E-state index in [0.29, 0.717) is 36.2 Å². The van der Waals surface area contributed by atoms with Gasteiger partial charge in [-0.1, -0.05) is 29.8 Å². The number of halogens is 1. The molecule has 12 heteroatoms. The highest BCUT2D eigenvalue weighted by molar-refractivity contribution is 7.90. The van der Waals surface area contributed by atoms with Crippen molar-refractivity contribution in [3.63, 3.8) is 0 Å². The maximum Gasteiger partial charge on any atom is 0.411 e. The molecule has 254 valence electrons. The van der Waals surface area contributed by atoms with Crippen molar-refractivity contribution >= 4 is 39.3 Å². The van der Waals surface area contributed by atoms with Gasteiger partial charge in [0.2, 0.25) is 0 Å². The average molecular weight is 686 g/mol. The summed E-state index contributed by atoms with van der Waals surface area (Å²) in [6, 6.07) is 9.53. The van der Waals surface area contributed by atoms with Crippen molar-refractivity contribution in [1.29, 1.82) is 0 Å². The van der Waals surface area contributed by atoms with E-state index in [2.05, 4.69) is 15.7 Å². The van der Waals surface area contributed by atoms with Crippen molar-refractivity contribution in [3.8, 4) is 5.75 Å². The van der Waals surface area contributed by atoms with E-state index in [4.69, 9.17) is 21.1 Å². The number of nitrogens with one attached hydrogen (secondary N) is 1. The van der Waals surface area contributed by atoms with Gasteiger partial charge in [-0.25, -0.2) is 17.9 Å². The number of hydrogen-bond donors (Lipinski definition) is 2. The predicted molar refractivity (Wildman–Crippen MR) is 179 cm³/mol. The van der Waals surface area contributed by atoms with Crippen molar-refractivity contribution in [2.24, 2.45) is 11.8 Å². The van der Waals surface area contributed by atoms with Crippen LogP contribution in [-0.2, 0) is 31.4 Å². The lowest BCUT2D eigenvalue weighted by molar-refractivity contribution is -0.123. The number of rotatable bonds is 0. The molecule has 2 aromatic rings. The lowest BCUT2D eigenvalue weighted by atomic mass is 9.68. The molecule has 2 aromatic carbocycles. The number of hydrogen-bond acceptors (Lipinski definition) is 8. The van der Waals surface area contributed by atoms with Crippen LogP contribution >= 0.6 is 11.6 Å². The van der Waals surface area contributed by atoms with Gasteiger partial charge in [0.05, 0.1) is 23.3 Å². The average Bonchev–Trinajstić information content (AvgIpc) is 3.12. The number of anilines is 1. The van der Waals surface area contributed by atoms with Crippen molar-refractivity contribution in [3.05, 3.63) is 64.7 Å². The normalized spacial score (nSPS) is 29.0. The van der Waals surface area contributed by atoms with Crippen LogP contribution in [0.2, 0.25) is 5.02 Å². The Balaban J connectivity index is 1.40. The van der Waals surface area contributed by atoms with Crippen LogP contribution in [0.25, 0.3) is 0 Å². The summed E-state index contributed by atoms with van der Waals surface area (Å²) < 4.78 is 41.6. The minimum Gasteiger partial charge on any atom is -0.490 e. The Morgan fingerprint density at radius 1 is 1.17 bits per heavy atom. The van der Waals surface area contributed by atoms with Crippen molar-refractivity contribution < 1.29 is 32.6 Å². The number of aliphatic hydroxyl groups excluding tert-OH is 1. The molecular formula is C35H44ClN3O7S. The van der Waals surface area contributed by atoms with Crippen molar-refractivity contribution in [1.82, 2.24) is 9.62 Å². The fourth-order valence-corrected chi connectivity index (χ4v) is 8.66. The van der Waals surface area contributed by atoms with Gasteiger partial charge in [-0.05, 0) is 113 Å². The van der Waals surface area contributed by atoms with Gasteiger partial charge in [-0.15, -0.1) is 0 Å². The van der Waals surface area contributed by atoms with E-state index in [1.807, 2.05) is 12.1 Å². The van der Waals surface area contributed by atoms with Crippen LogP contribution < -0.4 is 14.4 Å². The molecule has 0 saturated heterocycles. The molecule has 0 unspecified atom stereocenters. The second kappa shape index (κ2) is 12.6. The van der Waals surface area contributed by atoms with Crippen LogP contribution in [0.1, 0.15) is 64.5 Å². The number of fused-ring (bicyclic) bond motifs is 4. The van der Waals surface area contributed by atoms with E-state index in [1.54, 1.807) is 45.1 Å². The Bertz CT molecular complexity index is 1690. The molecule has 2 bridgehead atoms. The number of amides is 2. The Labute approximate surface area is 282 Å². The van der Waals surface area contributed by atoms with Crippen LogP contribution in [0, 0.1) is 11.8 Å². The lowest BCUT2D eigenvalue weighted by Crippen LogP contribution is -2.51. The summed E-state index contributed by atoms with van der Waals surface area (Å²) in [7, 11) is -4.33. The Kier molecular flexibility index (Phi) is 9.04. The highest BCUT2D eigenvalue weighted by Gasteiger charge is 2.44. The summed E-state index contributed by atoms with van der Waals surface area (Å²) in [6.45, 7) is 8.15. The second-order valence-corrected chi connectivity index (χ2v) is 16.6. The number of nitrogens with zero attached hydrogens (tertiary/aromatic N) is 2. The van der Waals surface area contributed by atoms with Crippen molar-refractivity contribution in [2.75, 3.05) is 31.1 Å². The quantitative estimate of drug-likeness (QED) is 0.363. The van der Waals surface area contributed by atoms with E-state index < -0.39 is 39.8 Å². The molecule has 4 aliphatic rings. The maximum atomic E-state index is 13.7. The second-order valence-electron chi connectivity index (χ2n) is 14.4. The summed E-state index contributed by atoms with van der Waals surface area (Å²) >= 11 is 6.39. The number of carbonyl (C=O) groups is 2. The smallest absolute Gasteiger partial charge is 0.411 e. The summed E-state index contributed by atoms with van der Waals surface area (Å²) in [6.07, 6.45) is 6.35. The minimum absolute atomic E-state index is 0.0252. The number of aliphatic hydroxyl groups is 1. The third-order valence-electron chi connectivity index (χ3n) is 10.0. The standard InChI is InChI=1S/C35H44ClN3O7S/c1-22-32(41)37-47(43,44)26-11-14-31-29(18-26)38(20-35(21-45-31)15-5-7-23-17-25(36)10-13-28(23)35)19-24-9-12-27(24)30(40)8-6-16-39(22)33(42)46-34(2,3)4/h6,8,10-11,13-14,17-18,22,24,27,30,40H,5,7,9,12,15-16,19-21H2,1-4H3,(H,37,41)/t22-,24+,27-,30+,35+/m1/s1. The highest BCUT2D eigenvalue weighted by Crippen LogP contribution is 2.47. The van der Waals surface area contributed by atoms with E-state index in [0.717, 1.165) is 37.0 Å². The van der Waals surface area contributed by atoms with Gasteiger partial charge >= 0.3 is 6.09 Å². The summed E-state index contributed by atoms with van der Waals surface area (Å²) in [5.41, 5.74) is 1.85. The molecule has 47 heavy (non-hydrogen) atoms. The Morgan fingerprint density at radius 3 is 2.68 bits per heavy atom. The van der Waals surface area contributed by atoms with Gasteiger partial charge in [-0.2, -0.15) is 0 Å². The third-order valence-corrected chi connectivity index (χ3v) is 11.6. The first-order valence-corrected chi connectivity index (χ1v) is 18.2. The topological polar surface area (TPSA) is 125 Å². The first-order chi connectivity index (χ1) is 22.2. The molecular weight excluding hydrogens is 642 g/mol. The van der Waals surface area contributed by atoms with Gasteiger partial charge in [0.15, 0.2) is 0 Å². The zero-order valence-electron chi connectivity index (χ0n) is 27.4. The summed E-state index contributed by atoms with van der Waals surface area (Å²) in [5.74, 6) is -0.201. The molecule has 6 rings (SSSR count). The summed E-state index contributed by atoms with van der Waals surface area (Å²) in [5, 5.41) is 12.0. The molecule has 0 radical (unpaired) electrons. The highest BCUT2D eigenvalue weighted by atomic mass is 35.5. The van der Waals surface area contributed by atoms with Gasteiger partial charge in [0.1, 0.15) is 17.4 Å². The third kappa shape index (κ3) is 6.85. The largest absolute Gasteiger partial charge is 0.490 e. The van der Waals surface area contributed by atoms with E-state index in [1.165, 1.54) is 24.1 Å². The van der Waals surface area contributed by atoms with E-state index in [9.17, 15) is 23.1 Å².